The van der Waals surface area contributed by atoms with Crippen molar-refractivity contribution in [1.82, 2.24) is 4.98 Å². The van der Waals surface area contributed by atoms with Gasteiger partial charge >= 0.3 is 5.97 Å². The van der Waals surface area contributed by atoms with E-state index in [1.165, 1.54) is 12.4 Å². The van der Waals surface area contributed by atoms with Gasteiger partial charge in [-0.25, -0.2) is 4.79 Å². The normalized spacial score (nSPS) is 13.9. The molecule has 18 heavy (non-hydrogen) atoms. The van der Waals surface area contributed by atoms with Crippen LogP contribution in [0.15, 0.2) is 18.5 Å². The van der Waals surface area contributed by atoms with Gasteiger partial charge in [-0.05, 0) is 13.0 Å². The Hall–Kier alpha value is -1.66. The van der Waals surface area contributed by atoms with Gasteiger partial charge in [0, 0.05) is 39.1 Å². The maximum atomic E-state index is 11.0. The minimum absolute atomic E-state index is 0.0834. The third-order valence-electron chi connectivity index (χ3n) is 2.56. The highest BCUT2D eigenvalue weighted by atomic mass is 16.5. The quantitative estimate of drug-likeness (QED) is 0.671. The Balaban J connectivity index is 2.65. The molecule has 0 aliphatic carbocycles. The van der Waals surface area contributed by atoms with Crippen molar-refractivity contribution in [2.24, 2.45) is 0 Å². The standard InChI is InChI=1S/C12H18N2O4/c1-12(17,4-6-18-2)8-14-10-3-5-13-7-9(10)11(15)16/h3,5,7,17H,4,6,8H2,1-2H3,(H,13,14)(H,15,16). The number of carbonyl (C=O) groups is 1. The van der Waals surface area contributed by atoms with Gasteiger partial charge in [-0.2, -0.15) is 0 Å². The molecule has 1 rings (SSSR count). The van der Waals surface area contributed by atoms with Gasteiger partial charge in [-0.3, -0.25) is 4.98 Å². The van der Waals surface area contributed by atoms with E-state index in [1.807, 2.05) is 0 Å². The summed E-state index contributed by atoms with van der Waals surface area (Å²) in [7, 11) is 1.56. The molecule has 0 saturated heterocycles. The molecule has 6 heteroatoms. The average molecular weight is 254 g/mol. The van der Waals surface area contributed by atoms with E-state index in [1.54, 1.807) is 20.1 Å². The molecule has 1 aromatic heterocycles. The molecule has 1 unspecified atom stereocenters. The number of nitrogens with one attached hydrogen (secondary N) is 1. The lowest BCUT2D eigenvalue weighted by atomic mass is 10.0. The Morgan fingerprint density at radius 3 is 2.94 bits per heavy atom. The average Bonchev–Trinajstić information content (AvgIpc) is 2.34. The van der Waals surface area contributed by atoms with E-state index in [4.69, 9.17) is 9.84 Å². The number of ether oxygens (including phenoxy) is 1. The van der Waals surface area contributed by atoms with Crippen LogP contribution in [0.25, 0.3) is 0 Å². The van der Waals surface area contributed by atoms with Crippen molar-refractivity contribution in [2.45, 2.75) is 18.9 Å². The highest BCUT2D eigenvalue weighted by Crippen LogP contribution is 2.16. The van der Waals surface area contributed by atoms with Gasteiger partial charge < -0.3 is 20.3 Å². The van der Waals surface area contributed by atoms with Crippen LogP contribution in [0.1, 0.15) is 23.7 Å². The Morgan fingerprint density at radius 1 is 1.61 bits per heavy atom. The molecule has 0 fully saturated rings. The second-order valence-electron chi connectivity index (χ2n) is 4.32. The predicted molar refractivity (Wildman–Crippen MR) is 66.8 cm³/mol. The molecule has 1 atom stereocenters. The summed E-state index contributed by atoms with van der Waals surface area (Å²) in [6, 6.07) is 1.57. The molecule has 0 aliphatic rings. The maximum absolute atomic E-state index is 11.0. The molecule has 1 heterocycles. The van der Waals surface area contributed by atoms with E-state index < -0.39 is 11.6 Å². The van der Waals surface area contributed by atoms with E-state index in [0.29, 0.717) is 18.7 Å². The summed E-state index contributed by atoms with van der Waals surface area (Å²) in [5, 5.41) is 21.9. The monoisotopic (exact) mass is 254 g/mol. The van der Waals surface area contributed by atoms with Crippen molar-refractivity contribution < 1.29 is 19.7 Å². The lowest BCUT2D eigenvalue weighted by Gasteiger charge is -2.24. The molecule has 3 N–H and O–H groups in total. The van der Waals surface area contributed by atoms with Gasteiger partial charge in [-0.1, -0.05) is 0 Å². The lowest BCUT2D eigenvalue weighted by molar-refractivity contribution is 0.0356. The van der Waals surface area contributed by atoms with Crippen molar-refractivity contribution in [2.75, 3.05) is 25.6 Å². The van der Waals surface area contributed by atoms with Crippen LogP contribution in [0.4, 0.5) is 5.69 Å². The summed E-state index contributed by atoms with van der Waals surface area (Å²) >= 11 is 0. The molecule has 0 spiro atoms. The zero-order chi connectivity index (χ0) is 13.6. The Morgan fingerprint density at radius 2 is 2.33 bits per heavy atom. The first-order valence-corrected chi connectivity index (χ1v) is 5.59. The van der Waals surface area contributed by atoms with E-state index in [2.05, 4.69) is 10.3 Å². The fraction of sp³-hybridized carbons (Fsp3) is 0.500. The van der Waals surface area contributed by atoms with Gasteiger partial charge in [-0.15, -0.1) is 0 Å². The molecular formula is C12H18N2O4. The number of methoxy groups -OCH3 is 1. The van der Waals surface area contributed by atoms with Crippen molar-refractivity contribution in [3.8, 4) is 0 Å². The number of anilines is 1. The van der Waals surface area contributed by atoms with Crippen LogP contribution in [0.3, 0.4) is 0 Å². The van der Waals surface area contributed by atoms with E-state index in [9.17, 15) is 9.90 Å². The minimum Gasteiger partial charge on any atom is -0.478 e. The fourth-order valence-corrected chi connectivity index (χ4v) is 1.42. The maximum Gasteiger partial charge on any atom is 0.339 e. The third kappa shape index (κ3) is 4.31. The van der Waals surface area contributed by atoms with Crippen LogP contribution in [-0.2, 0) is 4.74 Å². The summed E-state index contributed by atoms with van der Waals surface area (Å²) in [5.41, 5.74) is -0.440. The number of pyridine rings is 1. The van der Waals surface area contributed by atoms with Gasteiger partial charge in [0.15, 0.2) is 0 Å². The van der Waals surface area contributed by atoms with Gasteiger partial charge in [0.2, 0.25) is 0 Å². The molecule has 6 nitrogen and oxygen atoms in total. The number of nitrogens with zero attached hydrogens (tertiary/aromatic N) is 1. The summed E-state index contributed by atoms with van der Waals surface area (Å²) in [4.78, 5) is 14.7. The fourth-order valence-electron chi connectivity index (χ4n) is 1.42. The van der Waals surface area contributed by atoms with Gasteiger partial charge in [0.1, 0.15) is 5.56 Å². The topological polar surface area (TPSA) is 91.7 Å². The van der Waals surface area contributed by atoms with E-state index in [0.717, 1.165) is 0 Å². The molecule has 0 bridgehead atoms. The second-order valence-corrected chi connectivity index (χ2v) is 4.32. The van der Waals surface area contributed by atoms with E-state index in [-0.39, 0.29) is 12.1 Å². The number of hydrogen-bond donors (Lipinski definition) is 3. The molecule has 0 radical (unpaired) electrons. The molecule has 100 valence electrons. The summed E-state index contributed by atoms with van der Waals surface area (Å²) in [6.07, 6.45) is 3.23. The Kier molecular flexibility index (Phi) is 5.06. The van der Waals surface area contributed by atoms with E-state index >= 15 is 0 Å². The van der Waals surface area contributed by atoms with Crippen molar-refractivity contribution >= 4 is 11.7 Å². The highest BCUT2D eigenvalue weighted by molar-refractivity contribution is 5.93. The molecule has 0 aliphatic heterocycles. The molecular weight excluding hydrogens is 236 g/mol. The first-order valence-electron chi connectivity index (χ1n) is 5.59. The Labute approximate surface area is 106 Å². The number of hydrogen-bond acceptors (Lipinski definition) is 5. The number of rotatable bonds is 7. The number of aromatic nitrogens is 1. The first kappa shape index (κ1) is 14.4. The summed E-state index contributed by atoms with van der Waals surface area (Å²) < 4.78 is 4.90. The first-order chi connectivity index (χ1) is 8.46. The van der Waals surface area contributed by atoms with Crippen LogP contribution >= 0.6 is 0 Å². The summed E-state index contributed by atoms with van der Waals surface area (Å²) in [5.74, 6) is -1.05. The minimum atomic E-state index is -1.05. The smallest absolute Gasteiger partial charge is 0.339 e. The van der Waals surface area contributed by atoms with Crippen molar-refractivity contribution in [3.05, 3.63) is 24.0 Å². The van der Waals surface area contributed by atoms with Crippen molar-refractivity contribution in [1.29, 1.82) is 0 Å². The highest BCUT2D eigenvalue weighted by Gasteiger charge is 2.20. The number of carboxylic acid groups (broad SMARTS) is 1. The van der Waals surface area contributed by atoms with Crippen LogP contribution in [0.2, 0.25) is 0 Å². The van der Waals surface area contributed by atoms with Crippen molar-refractivity contribution in [3.63, 3.8) is 0 Å². The number of aromatic carboxylic acids is 1. The molecule has 0 amide bonds. The second kappa shape index (κ2) is 6.32. The van der Waals surface area contributed by atoms with Crippen LogP contribution in [-0.4, -0.2) is 47.0 Å². The van der Waals surface area contributed by atoms with Gasteiger partial charge in [0.05, 0.1) is 11.3 Å². The number of carboxylic acids is 1. The molecule has 0 saturated carbocycles. The zero-order valence-electron chi connectivity index (χ0n) is 10.5. The van der Waals surface area contributed by atoms with Crippen LogP contribution in [0, 0.1) is 0 Å². The van der Waals surface area contributed by atoms with Crippen LogP contribution < -0.4 is 5.32 Å². The predicted octanol–water partition coefficient (Wildman–Crippen LogP) is 0.979. The Bertz CT molecular complexity index is 407. The number of aliphatic hydroxyl groups is 1. The van der Waals surface area contributed by atoms with Crippen LogP contribution in [0.5, 0.6) is 0 Å². The molecule has 1 aromatic rings. The summed E-state index contributed by atoms with van der Waals surface area (Å²) in [6.45, 7) is 2.35. The third-order valence-corrected chi connectivity index (χ3v) is 2.56. The lowest BCUT2D eigenvalue weighted by Crippen LogP contribution is -2.35. The van der Waals surface area contributed by atoms with Gasteiger partial charge in [0.25, 0.3) is 0 Å². The molecule has 0 aromatic carbocycles. The SMILES string of the molecule is COCCC(C)(O)CNc1ccncc1C(=O)O. The zero-order valence-corrected chi connectivity index (χ0v) is 10.5. The largest absolute Gasteiger partial charge is 0.478 e.